The maximum Gasteiger partial charge on any atom is 0.0996 e. The lowest BCUT2D eigenvalue weighted by atomic mass is 9.87. The molecule has 0 bridgehead atoms. The van der Waals surface area contributed by atoms with E-state index < -0.39 is 0 Å². The maximum atomic E-state index is 10.9. The molecule has 0 spiro atoms. The third-order valence-corrected chi connectivity index (χ3v) is 4.67. The van der Waals surface area contributed by atoms with Crippen molar-refractivity contribution in [2.75, 3.05) is 6.54 Å². The Balaban J connectivity index is 4.31. The summed E-state index contributed by atoms with van der Waals surface area (Å²) in [6, 6.07) is 0. The lowest BCUT2D eigenvalue weighted by Gasteiger charge is -2.22. The van der Waals surface area contributed by atoms with Crippen LogP contribution in [0.1, 0.15) is 80.1 Å². The largest absolute Gasteiger partial charge is 0.327 e. The van der Waals surface area contributed by atoms with Gasteiger partial charge in [-0.25, -0.2) is 0 Å². The molecule has 0 saturated heterocycles. The van der Waals surface area contributed by atoms with E-state index in [1.807, 2.05) is 13.8 Å². The molecule has 0 aromatic heterocycles. The first-order valence-corrected chi connectivity index (χ1v) is 8.50. The van der Waals surface area contributed by atoms with Crippen LogP contribution in [0.4, 0.5) is 0 Å². The van der Waals surface area contributed by atoms with Gasteiger partial charge in [-0.3, -0.25) is 0 Å². The average Bonchev–Trinajstić information content (AvgIpc) is 2.47. The van der Waals surface area contributed by atoms with Crippen molar-refractivity contribution in [3.8, 4) is 0 Å². The third kappa shape index (κ3) is 8.35. The van der Waals surface area contributed by atoms with Crippen LogP contribution in [0.5, 0.6) is 0 Å². The van der Waals surface area contributed by atoms with Gasteiger partial charge in [0.25, 0.3) is 0 Å². The Morgan fingerprint density at radius 2 is 1.86 bits per heavy atom. The lowest BCUT2D eigenvalue weighted by Crippen LogP contribution is -2.20. The monoisotopic (exact) mass is 296 g/mol. The first kappa shape index (κ1) is 20.3. The minimum Gasteiger partial charge on any atom is -0.327 e. The molecule has 0 radical (unpaired) electrons. The Bertz CT molecular complexity index is 336. The van der Waals surface area contributed by atoms with Crippen molar-refractivity contribution in [3.05, 3.63) is 16.1 Å². The number of nitroso groups, excluding NO2 is 1. The molecule has 0 aliphatic rings. The summed E-state index contributed by atoms with van der Waals surface area (Å²) in [5, 5.41) is 3.30. The first-order valence-electron chi connectivity index (χ1n) is 8.50. The summed E-state index contributed by atoms with van der Waals surface area (Å²) in [6.07, 6.45) is 6.20. The molecule has 0 amide bonds. The highest BCUT2D eigenvalue weighted by atomic mass is 16.3. The Hall–Kier alpha value is -0.700. The molecule has 3 heteroatoms. The average molecular weight is 296 g/mol. The van der Waals surface area contributed by atoms with Crippen LogP contribution in [-0.4, -0.2) is 12.1 Å². The van der Waals surface area contributed by atoms with Crippen LogP contribution in [0.15, 0.2) is 16.3 Å². The highest BCUT2D eigenvalue weighted by Crippen LogP contribution is 2.27. The van der Waals surface area contributed by atoms with Gasteiger partial charge < -0.3 is 5.73 Å². The van der Waals surface area contributed by atoms with Crippen molar-refractivity contribution in [3.63, 3.8) is 0 Å². The van der Waals surface area contributed by atoms with Gasteiger partial charge in [-0.2, -0.15) is 4.91 Å². The van der Waals surface area contributed by atoms with Crippen molar-refractivity contribution in [1.29, 1.82) is 0 Å². The van der Waals surface area contributed by atoms with Crippen LogP contribution in [0.25, 0.3) is 0 Å². The van der Waals surface area contributed by atoms with Crippen LogP contribution >= 0.6 is 0 Å². The minimum atomic E-state index is -0.376. The summed E-state index contributed by atoms with van der Waals surface area (Å²) >= 11 is 0. The Labute approximate surface area is 131 Å². The Morgan fingerprint density at radius 1 is 1.24 bits per heavy atom. The fourth-order valence-corrected chi connectivity index (χ4v) is 2.55. The molecule has 0 heterocycles. The molecular weight excluding hydrogens is 260 g/mol. The zero-order chi connectivity index (χ0) is 16.5. The molecule has 2 atom stereocenters. The Kier molecular flexibility index (Phi) is 9.76. The fourth-order valence-electron chi connectivity index (χ4n) is 2.55. The van der Waals surface area contributed by atoms with Crippen LogP contribution in [0, 0.1) is 16.7 Å². The van der Waals surface area contributed by atoms with Crippen molar-refractivity contribution in [2.45, 2.75) is 85.6 Å². The van der Waals surface area contributed by atoms with E-state index in [1.54, 1.807) is 0 Å². The molecule has 0 fully saturated rings. The van der Waals surface area contributed by atoms with Gasteiger partial charge in [-0.15, -0.1) is 0 Å². The summed E-state index contributed by atoms with van der Waals surface area (Å²) in [6.45, 7) is 13.7. The van der Waals surface area contributed by atoms with Crippen LogP contribution in [-0.2, 0) is 0 Å². The second-order valence-corrected chi connectivity index (χ2v) is 7.31. The summed E-state index contributed by atoms with van der Waals surface area (Å²) in [5.74, 6) is 1.30. The second kappa shape index (κ2) is 10.1. The van der Waals surface area contributed by atoms with Gasteiger partial charge >= 0.3 is 0 Å². The van der Waals surface area contributed by atoms with Crippen molar-refractivity contribution in [1.82, 2.24) is 0 Å². The molecule has 124 valence electrons. The molecule has 3 nitrogen and oxygen atoms in total. The SMILES string of the molecule is CCC(C)(CCC(C)CC/C(C)=C(\CN)CC(C)C)N=O. The number of rotatable bonds is 11. The van der Waals surface area contributed by atoms with Gasteiger partial charge in [-0.05, 0) is 64.2 Å². The molecular formula is C18H36N2O. The quantitative estimate of drug-likeness (QED) is 0.408. The highest BCUT2D eigenvalue weighted by Gasteiger charge is 2.23. The lowest BCUT2D eigenvalue weighted by molar-refractivity contribution is 0.355. The highest BCUT2D eigenvalue weighted by molar-refractivity contribution is 5.13. The molecule has 0 aromatic carbocycles. The van der Waals surface area contributed by atoms with E-state index in [0.29, 0.717) is 18.4 Å². The topological polar surface area (TPSA) is 55.4 Å². The zero-order valence-corrected chi connectivity index (χ0v) is 15.0. The number of nitrogens with two attached hydrogens (primary N) is 1. The van der Waals surface area contributed by atoms with Gasteiger partial charge in [-0.1, -0.05) is 44.0 Å². The molecule has 0 aliphatic carbocycles. The van der Waals surface area contributed by atoms with Gasteiger partial charge in [0.15, 0.2) is 0 Å². The van der Waals surface area contributed by atoms with Crippen molar-refractivity contribution < 1.29 is 0 Å². The molecule has 0 aromatic rings. The molecule has 2 unspecified atom stereocenters. The van der Waals surface area contributed by atoms with Crippen molar-refractivity contribution in [2.24, 2.45) is 22.7 Å². The van der Waals surface area contributed by atoms with E-state index in [2.05, 4.69) is 32.9 Å². The molecule has 0 rings (SSSR count). The van der Waals surface area contributed by atoms with E-state index in [9.17, 15) is 4.91 Å². The maximum absolute atomic E-state index is 10.9. The minimum absolute atomic E-state index is 0.376. The van der Waals surface area contributed by atoms with Gasteiger partial charge in [0, 0.05) is 6.54 Å². The first-order chi connectivity index (χ1) is 9.77. The van der Waals surface area contributed by atoms with Gasteiger partial charge in [0.05, 0.1) is 5.54 Å². The summed E-state index contributed by atoms with van der Waals surface area (Å²) in [7, 11) is 0. The van der Waals surface area contributed by atoms with E-state index in [4.69, 9.17) is 5.73 Å². The summed E-state index contributed by atoms with van der Waals surface area (Å²) < 4.78 is 0. The predicted molar refractivity (Wildman–Crippen MR) is 93.3 cm³/mol. The number of hydrogen-bond donors (Lipinski definition) is 1. The normalized spacial score (nSPS) is 17.3. The second-order valence-electron chi connectivity index (χ2n) is 7.31. The molecule has 0 saturated carbocycles. The van der Waals surface area contributed by atoms with Gasteiger partial charge in [0.1, 0.15) is 0 Å². The third-order valence-electron chi connectivity index (χ3n) is 4.67. The van der Waals surface area contributed by atoms with Crippen LogP contribution < -0.4 is 5.73 Å². The van der Waals surface area contributed by atoms with E-state index in [-0.39, 0.29) is 5.54 Å². The standard InChI is InChI=1S/C18H36N2O/c1-7-18(6,20-21)11-10-15(4)8-9-16(5)17(13-19)12-14(2)3/h14-15H,7-13,19H2,1-6H3/b17-16-. The zero-order valence-electron chi connectivity index (χ0n) is 15.0. The van der Waals surface area contributed by atoms with Gasteiger partial charge in [0.2, 0.25) is 0 Å². The molecule has 2 N–H and O–H groups in total. The number of hydrogen-bond acceptors (Lipinski definition) is 3. The number of nitrogens with zero attached hydrogens (tertiary/aromatic N) is 1. The van der Waals surface area contributed by atoms with Crippen LogP contribution in [0.3, 0.4) is 0 Å². The van der Waals surface area contributed by atoms with E-state index in [1.165, 1.54) is 17.6 Å². The van der Waals surface area contributed by atoms with Crippen LogP contribution in [0.2, 0.25) is 0 Å². The number of allylic oxidation sites excluding steroid dienone is 1. The molecule has 0 aliphatic heterocycles. The Morgan fingerprint density at radius 3 is 2.29 bits per heavy atom. The summed E-state index contributed by atoms with van der Waals surface area (Å²) in [4.78, 5) is 10.9. The van der Waals surface area contributed by atoms with E-state index >= 15 is 0 Å². The summed E-state index contributed by atoms with van der Waals surface area (Å²) in [5.41, 5.74) is 8.38. The fraction of sp³-hybridized carbons (Fsp3) is 0.889. The van der Waals surface area contributed by atoms with Crippen molar-refractivity contribution >= 4 is 0 Å². The predicted octanol–water partition coefficient (Wildman–Crippen LogP) is 5.44. The smallest absolute Gasteiger partial charge is 0.0996 e. The molecule has 21 heavy (non-hydrogen) atoms. The van der Waals surface area contributed by atoms with E-state index in [0.717, 1.165) is 32.1 Å².